The molecule has 4 heteroatoms. The Morgan fingerprint density at radius 2 is 0.536 bits per heavy atom. The number of nitrogens with zero attached hydrogens (tertiary/aromatic N) is 2. The maximum absolute atomic E-state index is 5.18. The molecule has 0 spiro atoms. The van der Waals surface area contributed by atoms with E-state index in [-0.39, 0.29) is 0 Å². The van der Waals surface area contributed by atoms with E-state index in [4.69, 9.17) is 9.97 Å². The standard InChI is InChI=1S/C52H30N4/c1-5-13-37(14-6-1)21-25-41-45-29-31-47(53-45)42(26-22-38-15-7-2-8-16-38)49-33-35-51(55-49)44(28-24-40-19-11-4-12-20-40)52-36-34-50(56-52)43(48-32-30-46(41)54-48)27-23-39-17-9-3-10-18-39/h1-20,29-36,53-54H. The Bertz CT molecular complexity index is 2960. The van der Waals surface area contributed by atoms with Gasteiger partial charge in [-0.05, 0) is 97.1 Å². The van der Waals surface area contributed by atoms with E-state index in [1.165, 1.54) is 0 Å². The average Bonchev–Trinajstić information content (AvgIpc) is 4.10. The number of rotatable bonds is 0. The Hall–Kier alpha value is -8.28. The largest absolute Gasteiger partial charge is 0.353 e. The van der Waals surface area contributed by atoms with E-state index in [1.807, 2.05) is 170 Å². The molecule has 4 nitrogen and oxygen atoms in total. The fraction of sp³-hybridized carbons (Fsp3) is 0. The zero-order valence-corrected chi connectivity index (χ0v) is 30.1. The third-order valence-corrected chi connectivity index (χ3v) is 9.18. The first-order valence-electron chi connectivity index (χ1n) is 18.2. The molecular weight excluding hydrogens is 681 g/mol. The van der Waals surface area contributed by atoms with Gasteiger partial charge in [0.05, 0.1) is 67.1 Å². The Morgan fingerprint density at radius 1 is 0.268 bits per heavy atom. The highest BCUT2D eigenvalue weighted by molar-refractivity contribution is 5.88. The highest BCUT2D eigenvalue weighted by Crippen LogP contribution is 2.27. The number of hydrogen-bond acceptors (Lipinski definition) is 2. The molecule has 0 radical (unpaired) electrons. The minimum atomic E-state index is 0.700. The number of benzene rings is 4. The van der Waals surface area contributed by atoms with E-state index in [2.05, 4.69) is 57.3 Å². The Labute approximate surface area is 325 Å². The van der Waals surface area contributed by atoms with Gasteiger partial charge in [-0.15, -0.1) is 0 Å². The van der Waals surface area contributed by atoms with Crippen molar-refractivity contribution in [2.75, 3.05) is 0 Å². The SMILES string of the molecule is C(#Cc1c2nc(c(C#Cc3ccccc3)c3ccc([nH]3)c(C#Cc3ccccc3)c3ccc([nH]3)c(C#Cc3ccccc3)c3nc1C=C3)C=C2)c1ccccc1. The van der Waals surface area contributed by atoms with Crippen LogP contribution < -0.4 is 0 Å². The van der Waals surface area contributed by atoms with E-state index >= 15 is 0 Å². The fourth-order valence-corrected chi connectivity index (χ4v) is 6.36. The average molecular weight is 711 g/mol. The second kappa shape index (κ2) is 15.4. The summed E-state index contributed by atoms with van der Waals surface area (Å²) in [5, 5.41) is 0. The van der Waals surface area contributed by atoms with Gasteiger partial charge in [0.2, 0.25) is 0 Å². The zero-order chi connectivity index (χ0) is 37.5. The van der Waals surface area contributed by atoms with E-state index < -0.39 is 0 Å². The van der Waals surface area contributed by atoms with Crippen LogP contribution >= 0.6 is 0 Å². The van der Waals surface area contributed by atoms with Crippen LogP contribution in [0.1, 0.15) is 67.3 Å². The number of aromatic nitrogens is 4. The Kier molecular flexibility index (Phi) is 9.21. The lowest BCUT2D eigenvalue weighted by Crippen LogP contribution is -1.91. The van der Waals surface area contributed by atoms with Crippen LogP contribution in [0.4, 0.5) is 0 Å². The van der Waals surface area contributed by atoms with E-state index in [0.29, 0.717) is 17.0 Å². The molecule has 0 aliphatic carbocycles. The third kappa shape index (κ3) is 7.33. The third-order valence-electron chi connectivity index (χ3n) is 9.18. The maximum atomic E-state index is 5.18. The van der Waals surface area contributed by atoms with Crippen LogP contribution in [0.3, 0.4) is 0 Å². The quantitative estimate of drug-likeness (QED) is 0.154. The van der Waals surface area contributed by atoms with Crippen molar-refractivity contribution >= 4 is 46.4 Å². The molecule has 2 aliphatic rings. The molecule has 8 bridgehead atoms. The summed E-state index contributed by atoms with van der Waals surface area (Å²) in [5.41, 5.74) is 12.8. The van der Waals surface area contributed by atoms with Gasteiger partial charge in [-0.1, -0.05) is 120 Å². The molecule has 3 aromatic heterocycles. The van der Waals surface area contributed by atoms with Crippen LogP contribution in [-0.4, -0.2) is 19.9 Å². The second-order valence-electron chi connectivity index (χ2n) is 13.0. The van der Waals surface area contributed by atoms with Crippen LogP contribution in [0.5, 0.6) is 0 Å². The predicted octanol–water partition coefficient (Wildman–Crippen LogP) is 10.3. The summed E-state index contributed by atoms with van der Waals surface area (Å²) in [6.45, 7) is 0. The number of nitrogens with one attached hydrogen (secondary N) is 2. The van der Waals surface area contributed by atoms with Crippen molar-refractivity contribution in [3.63, 3.8) is 0 Å². The molecule has 0 saturated heterocycles. The van der Waals surface area contributed by atoms with Gasteiger partial charge in [-0.2, -0.15) is 0 Å². The topological polar surface area (TPSA) is 57.4 Å². The maximum Gasteiger partial charge on any atom is 0.0816 e. The molecule has 2 aliphatic heterocycles. The van der Waals surface area contributed by atoms with E-state index in [1.54, 1.807) is 0 Å². The van der Waals surface area contributed by atoms with Gasteiger partial charge < -0.3 is 9.97 Å². The Balaban J connectivity index is 1.38. The van der Waals surface area contributed by atoms with Crippen molar-refractivity contribution in [3.8, 4) is 47.4 Å². The monoisotopic (exact) mass is 710 g/mol. The Morgan fingerprint density at radius 3 is 0.875 bits per heavy atom. The first-order valence-corrected chi connectivity index (χ1v) is 18.2. The summed E-state index contributed by atoms with van der Waals surface area (Å²) in [5.74, 6) is 27.2. The molecule has 0 amide bonds. The van der Waals surface area contributed by atoms with Gasteiger partial charge >= 0.3 is 0 Å². The van der Waals surface area contributed by atoms with Crippen LogP contribution in [0.2, 0.25) is 0 Å². The lowest BCUT2D eigenvalue weighted by Gasteiger charge is -1.98. The summed E-state index contributed by atoms with van der Waals surface area (Å²) in [6, 6.07) is 48.0. The van der Waals surface area contributed by atoms with Gasteiger partial charge in [0.1, 0.15) is 0 Å². The summed E-state index contributed by atoms with van der Waals surface area (Å²) in [6.07, 6.45) is 7.97. The fourth-order valence-electron chi connectivity index (χ4n) is 6.36. The van der Waals surface area contributed by atoms with Crippen molar-refractivity contribution in [2.45, 2.75) is 0 Å². The van der Waals surface area contributed by atoms with Crippen molar-refractivity contribution in [2.24, 2.45) is 0 Å². The van der Waals surface area contributed by atoms with Crippen LogP contribution in [0.25, 0.3) is 46.4 Å². The molecule has 0 fully saturated rings. The smallest absolute Gasteiger partial charge is 0.0816 e. The second-order valence-corrected chi connectivity index (χ2v) is 13.0. The van der Waals surface area contributed by atoms with Gasteiger partial charge in [0.25, 0.3) is 0 Å². The lowest BCUT2D eigenvalue weighted by molar-refractivity contribution is 1.25. The molecule has 7 aromatic rings. The summed E-state index contributed by atoms with van der Waals surface area (Å²) < 4.78 is 0. The van der Waals surface area contributed by atoms with Crippen molar-refractivity contribution in [1.82, 2.24) is 19.9 Å². The number of hydrogen-bond donors (Lipinski definition) is 2. The summed E-state index contributed by atoms with van der Waals surface area (Å²) >= 11 is 0. The van der Waals surface area contributed by atoms with Crippen LogP contribution in [-0.2, 0) is 0 Å². The molecule has 56 heavy (non-hydrogen) atoms. The molecule has 2 N–H and O–H groups in total. The van der Waals surface area contributed by atoms with E-state index in [0.717, 1.165) is 72.4 Å². The lowest BCUT2D eigenvalue weighted by atomic mass is 10.1. The van der Waals surface area contributed by atoms with Crippen molar-refractivity contribution in [3.05, 3.63) is 213 Å². The van der Waals surface area contributed by atoms with E-state index in [9.17, 15) is 0 Å². The van der Waals surface area contributed by atoms with Gasteiger partial charge in [-0.25, -0.2) is 9.97 Å². The molecule has 5 heterocycles. The number of fused-ring (bicyclic) bond motifs is 8. The number of aromatic amines is 2. The number of H-pyrrole nitrogens is 2. The summed E-state index contributed by atoms with van der Waals surface area (Å²) in [4.78, 5) is 17.7. The van der Waals surface area contributed by atoms with Crippen LogP contribution in [0, 0.1) is 47.4 Å². The summed E-state index contributed by atoms with van der Waals surface area (Å²) in [7, 11) is 0. The molecule has 0 saturated carbocycles. The van der Waals surface area contributed by atoms with Gasteiger partial charge in [-0.3, -0.25) is 0 Å². The molecule has 4 aromatic carbocycles. The minimum Gasteiger partial charge on any atom is -0.353 e. The molecular formula is C52H30N4. The molecule has 0 atom stereocenters. The van der Waals surface area contributed by atoms with Gasteiger partial charge in [0.15, 0.2) is 0 Å². The normalized spacial score (nSPS) is 10.9. The first kappa shape index (κ1) is 33.5. The zero-order valence-electron chi connectivity index (χ0n) is 30.1. The highest BCUT2D eigenvalue weighted by Gasteiger charge is 2.15. The highest BCUT2D eigenvalue weighted by atomic mass is 14.8. The van der Waals surface area contributed by atoms with Gasteiger partial charge in [0, 0.05) is 22.3 Å². The molecule has 258 valence electrons. The predicted molar refractivity (Wildman–Crippen MR) is 229 cm³/mol. The minimum absolute atomic E-state index is 0.700. The van der Waals surface area contributed by atoms with Crippen LogP contribution in [0.15, 0.2) is 146 Å². The molecule has 0 unspecified atom stereocenters. The first-order chi connectivity index (χ1) is 27.7. The van der Waals surface area contributed by atoms with Crippen molar-refractivity contribution < 1.29 is 0 Å². The molecule has 9 rings (SSSR count). The van der Waals surface area contributed by atoms with Crippen molar-refractivity contribution in [1.29, 1.82) is 0 Å².